The second kappa shape index (κ2) is 4.86. The fraction of sp³-hybridized carbons (Fsp3) is 0.231. The Labute approximate surface area is 109 Å². The fourth-order valence-electron chi connectivity index (χ4n) is 1.75. The maximum atomic E-state index is 11.5. The lowest BCUT2D eigenvalue weighted by molar-refractivity contribution is -0.115. The summed E-state index contributed by atoms with van der Waals surface area (Å²) in [6.45, 7) is 3.88. The average molecular weight is 263 g/mol. The zero-order valence-electron chi connectivity index (χ0n) is 10.4. The summed E-state index contributed by atoms with van der Waals surface area (Å²) in [6.07, 6.45) is 1.73. The van der Waals surface area contributed by atoms with E-state index >= 15 is 0 Å². The van der Waals surface area contributed by atoms with E-state index in [4.69, 9.17) is 4.74 Å². The molecule has 0 saturated carbocycles. The number of methoxy groups -OCH3 is 1. The van der Waals surface area contributed by atoms with E-state index in [1.54, 1.807) is 13.2 Å². The van der Waals surface area contributed by atoms with E-state index in [1.807, 2.05) is 26.0 Å². The molecule has 1 aliphatic rings. The molecule has 5 heteroatoms. The van der Waals surface area contributed by atoms with Crippen molar-refractivity contribution in [2.45, 2.75) is 13.8 Å². The van der Waals surface area contributed by atoms with Crippen molar-refractivity contribution < 1.29 is 14.3 Å². The molecule has 2 amide bonds. The van der Waals surface area contributed by atoms with E-state index in [9.17, 15) is 9.59 Å². The highest BCUT2D eigenvalue weighted by Gasteiger charge is 2.25. The number of amides is 2. The normalized spacial score (nSPS) is 17.2. The molecule has 18 heavy (non-hydrogen) atoms. The molecule has 0 spiro atoms. The Morgan fingerprint density at radius 2 is 1.94 bits per heavy atom. The Kier molecular flexibility index (Phi) is 3.43. The third-order valence-corrected chi connectivity index (χ3v) is 3.52. The van der Waals surface area contributed by atoms with Crippen LogP contribution in [-0.4, -0.2) is 18.3 Å². The number of hydrogen-bond acceptors (Lipinski definition) is 4. The molecule has 4 nitrogen and oxygen atoms in total. The van der Waals surface area contributed by atoms with Gasteiger partial charge in [-0.3, -0.25) is 14.9 Å². The number of hydrogen-bond donors (Lipinski definition) is 1. The fourth-order valence-corrected chi connectivity index (χ4v) is 2.42. The standard InChI is InChI=1S/C13H13NO3S/c1-7-5-10(17-3)8(2)4-9(7)6-11-12(15)14-13(16)18-11/h4-6H,1-3H3,(H,14,15,16). The van der Waals surface area contributed by atoms with Gasteiger partial charge in [0.1, 0.15) is 5.75 Å². The summed E-state index contributed by atoms with van der Waals surface area (Å²) >= 11 is 0.923. The topological polar surface area (TPSA) is 55.4 Å². The third kappa shape index (κ3) is 2.41. The van der Waals surface area contributed by atoms with Gasteiger partial charge < -0.3 is 4.74 Å². The van der Waals surface area contributed by atoms with Crippen LogP contribution in [0, 0.1) is 13.8 Å². The van der Waals surface area contributed by atoms with Crippen LogP contribution in [0.25, 0.3) is 6.08 Å². The molecule has 1 saturated heterocycles. The molecule has 0 aromatic heterocycles. The first kappa shape index (κ1) is 12.7. The van der Waals surface area contributed by atoms with Crippen LogP contribution < -0.4 is 10.1 Å². The van der Waals surface area contributed by atoms with Crippen LogP contribution in [0.2, 0.25) is 0 Å². The summed E-state index contributed by atoms with van der Waals surface area (Å²) in [7, 11) is 1.62. The first-order chi connectivity index (χ1) is 8.51. The Bertz CT molecular complexity index is 564. The first-order valence-corrected chi connectivity index (χ1v) is 6.23. The smallest absolute Gasteiger partial charge is 0.290 e. The van der Waals surface area contributed by atoms with E-state index in [0.29, 0.717) is 4.91 Å². The van der Waals surface area contributed by atoms with Crippen molar-refractivity contribution in [1.82, 2.24) is 5.32 Å². The van der Waals surface area contributed by atoms with Gasteiger partial charge in [-0.05, 0) is 60.5 Å². The predicted molar refractivity (Wildman–Crippen MR) is 71.6 cm³/mol. The van der Waals surface area contributed by atoms with E-state index in [0.717, 1.165) is 34.2 Å². The summed E-state index contributed by atoms with van der Waals surface area (Å²) in [4.78, 5) is 23.0. The molecular formula is C13H13NO3S. The van der Waals surface area contributed by atoms with Crippen LogP contribution in [0.4, 0.5) is 4.79 Å². The Morgan fingerprint density at radius 3 is 2.50 bits per heavy atom. The van der Waals surface area contributed by atoms with Crippen molar-refractivity contribution >= 4 is 29.0 Å². The van der Waals surface area contributed by atoms with Gasteiger partial charge >= 0.3 is 0 Å². The molecule has 1 aliphatic heterocycles. The number of thioether (sulfide) groups is 1. The van der Waals surface area contributed by atoms with Gasteiger partial charge in [0.2, 0.25) is 0 Å². The summed E-state index contributed by atoms with van der Waals surface area (Å²) in [6, 6.07) is 3.86. The number of carbonyl (C=O) groups excluding carboxylic acids is 2. The van der Waals surface area contributed by atoms with Crippen LogP contribution in [-0.2, 0) is 4.79 Å². The van der Waals surface area contributed by atoms with Gasteiger partial charge in [-0.25, -0.2) is 0 Å². The van der Waals surface area contributed by atoms with Crippen molar-refractivity contribution in [3.8, 4) is 5.75 Å². The largest absolute Gasteiger partial charge is 0.496 e. The number of aryl methyl sites for hydroxylation is 2. The molecule has 1 N–H and O–H groups in total. The van der Waals surface area contributed by atoms with E-state index < -0.39 is 0 Å². The number of rotatable bonds is 2. The molecule has 0 atom stereocenters. The number of ether oxygens (including phenoxy) is 1. The summed E-state index contributed by atoms with van der Waals surface area (Å²) in [5.74, 6) is 0.479. The van der Waals surface area contributed by atoms with Gasteiger partial charge in [0.25, 0.3) is 11.1 Å². The zero-order chi connectivity index (χ0) is 13.3. The van der Waals surface area contributed by atoms with Crippen LogP contribution in [0.1, 0.15) is 16.7 Å². The monoisotopic (exact) mass is 263 g/mol. The Morgan fingerprint density at radius 1 is 1.22 bits per heavy atom. The summed E-state index contributed by atoms with van der Waals surface area (Å²) < 4.78 is 5.23. The zero-order valence-corrected chi connectivity index (χ0v) is 11.2. The second-order valence-corrected chi connectivity index (χ2v) is 5.05. The highest BCUT2D eigenvalue weighted by molar-refractivity contribution is 8.18. The number of benzene rings is 1. The highest BCUT2D eigenvalue weighted by atomic mass is 32.2. The minimum atomic E-state index is -0.335. The van der Waals surface area contributed by atoms with Crippen LogP contribution in [0.3, 0.4) is 0 Å². The van der Waals surface area contributed by atoms with Gasteiger partial charge in [-0.15, -0.1) is 0 Å². The number of nitrogens with one attached hydrogen (secondary N) is 1. The lowest BCUT2D eigenvalue weighted by Gasteiger charge is -2.08. The molecule has 0 bridgehead atoms. The van der Waals surface area contributed by atoms with Gasteiger partial charge in [0, 0.05) is 0 Å². The first-order valence-electron chi connectivity index (χ1n) is 5.41. The van der Waals surface area contributed by atoms with E-state index in [1.165, 1.54) is 0 Å². The minimum absolute atomic E-state index is 0.325. The highest BCUT2D eigenvalue weighted by Crippen LogP contribution is 2.29. The molecular weight excluding hydrogens is 250 g/mol. The average Bonchev–Trinajstić information content (AvgIpc) is 2.62. The van der Waals surface area contributed by atoms with E-state index in [-0.39, 0.29) is 11.1 Å². The van der Waals surface area contributed by atoms with Crippen LogP contribution in [0.15, 0.2) is 17.0 Å². The number of imide groups is 1. The molecule has 1 aromatic carbocycles. The van der Waals surface area contributed by atoms with Gasteiger partial charge in [0.15, 0.2) is 0 Å². The van der Waals surface area contributed by atoms with Gasteiger partial charge in [-0.1, -0.05) is 0 Å². The van der Waals surface area contributed by atoms with Crippen molar-refractivity contribution in [3.63, 3.8) is 0 Å². The molecule has 1 aromatic rings. The van der Waals surface area contributed by atoms with Gasteiger partial charge in [0.05, 0.1) is 12.0 Å². The maximum absolute atomic E-state index is 11.5. The third-order valence-electron chi connectivity index (χ3n) is 2.71. The van der Waals surface area contributed by atoms with Crippen molar-refractivity contribution in [1.29, 1.82) is 0 Å². The molecule has 1 fully saturated rings. The Hall–Kier alpha value is -1.75. The molecule has 0 radical (unpaired) electrons. The predicted octanol–water partition coefficient (Wildman–Crippen LogP) is 2.64. The minimum Gasteiger partial charge on any atom is -0.496 e. The SMILES string of the molecule is COc1cc(C)c(C=C2SC(=O)NC2=O)cc1C. The van der Waals surface area contributed by atoms with Crippen molar-refractivity contribution in [3.05, 3.63) is 33.7 Å². The molecule has 0 aliphatic carbocycles. The molecule has 94 valence electrons. The summed E-state index contributed by atoms with van der Waals surface area (Å²) in [5, 5.41) is 1.91. The lowest BCUT2D eigenvalue weighted by atomic mass is 10.0. The quantitative estimate of drug-likeness (QED) is 0.833. The maximum Gasteiger partial charge on any atom is 0.290 e. The number of carbonyl (C=O) groups is 2. The van der Waals surface area contributed by atoms with Gasteiger partial charge in [-0.2, -0.15) is 0 Å². The van der Waals surface area contributed by atoms with Crippen LogP contribution in [0.5, 0.6) is 5.75 Å². The molecule has 0 unspecified atom stereocenters. The lowest BCUT2D eigenvalue weighted by Crippen LogP contribution is -2.17. The second-order valence-electron chi connectivity index (χ2n) is 4.03. The summed E-state index contributed by atoms with van der Waals surface area (Å²) in [5.41, 5.74) is 2.91. The molecule has 2 rings (SSSR count). The van der Waals surface area contributed by atoms with Crippen LogP contribution >= 0.6 is 11.8 Å². The Balaban J connectivity index is 2.41. The molecule has 1 heterocycles. The van der Waals surface area contributed by atoms with Crippen molar-refractivity contribution in [2.75, 3.05) is 7.11 Å². The van der Waals surface area contributed by atoms with E-state index in [2.05, 4.69) is 5.32 Å². The van der Waals surface area contributed by atoms with Crippen molar-refractivity contribution in [2.24, 2.45) is 0 Å².